The van der Waals surface area contributed by atoms with E-state index in [-0.39, 0.29) is 50.2 Å². The lowest BCUT2D eigenvalue weighted by Gasteiger charge is -2.20. The van der Waals surface area contributed by atoms with Crippen LogP contribution in [0, 0.1) is 0 Å². The summed E-state index contributed by atoms with van der Waals surface area (Å²) in [6.45, 7) is 6.06. The van der Waals surface area contributed by atoms with Crippen LogP contribution >= 0.6 is 24.8 Å². The zero-order valence-corrected chi connectivity index (χ0v) is 20.5. The molecule has 0 saturated carbocycles. The first-order valence-corrected chi connectivity index (χ1v) is 10.1. The van der Waals surface area contributed by atoms with Crippen LogP contribution in [0.25, 0.3) is 0 Å². The number of esters is 2. The van der Waals surface area contributed by atoms with Gasteiger partial charge in [-0.3, -0.25) is 0 Å². The molecule has 10 heteroatoms. The van der Waals surface area contributed by atoms with Gasteiger partial charge < -0.3 is 30.4 Å². The highest BCUT2D eigenvalue weighted by atomic mass is 35.5. The molecule has 3 atom stereocenters. The van der Waals surface area contributed by atoms with Crippen molar-refractivity contribution in [2.45, 2.75) is 39.1 Å². The molecule has 3 unspecified atom stereocenters. The van der Waals surface area contributed by atoms with Gasteiger partial charge in [0.15, 0.2) is 0 Å². The van der Waals surface area contributed by atoms with Crippen LogP contribution in [0.5, 0.6) is 0 Å². The molecule has 0 fully saturated rings. The predicted octanol–water partition coefficient (Wildman–Crippen LogP) is 3.91. The van der Waals surface area contributed by atoms with Gasteiger partial charge in [0.2, 0.25) is 0 Å². The van der Waals surface area contributed by atoms with Gasteiger partial charge in [-0.05, 0) is 69.3 Å². The quantitative estimate of drug-likeness (QED) is 0.350. The lowest BCUT2D eigenvalue weighted by atomic mass is 10.2. The molecular formula is C23H32Cl2N2O6. The molecule has 2 aromatic rings. The summed E-state index contributed by atoms with van der Waals surface area (Å²) < 4.78 is 21.9. The van der Waals surface area contributed by atoms with E-state index >= 15 is 0 Å². The second-order valence-electron chi connectivity index (χ2n) is 7.35. The SMILES string of the molecule is CC(COC(=O)c1ccc(N)cc1)OCC(C)OCC(C)OC(=O)c1ccc(N)cc1.Cl.Cl. The molecule has 0 heterocycles. The van der Waals surface area contributed by atoms with Gasteiger partial charge in [0.25, 0.3) is 0 Å². The number of halogens is 2. The van der Waals surface area contributed by atoms with Crippen molar-refractivity contribution in [3.63, 3.8) is 0 Å². The molecule has 0 aromatic heterocycles. The van der Waals surface area contributed by atoms with Gasteiger partial charge in [-0.1, -0.05) is 0 Å². The summed E-state index contributed by atoms with van der Waals surface area (Å²) in [7, 11) is 0. The lowest BCUT2D eigenvalue weighted by molar-refractivity contribution is -0.0682. The number of hydrogen-bond acceptors (Lipinski definition) is 8. The average molecular weight is 503 g/mol. The fourth-order valence-corrected chi connectivity index (χ4v) is 2.50. The highest BCUT2D eigenvalue weighted by molar-refractivity contribution is 5.90. The van der Waals surface area contributed by atoms with E-state index in [1.54, 1.807) is 62.4 Å². The van der Waals surface area contributed by atoms with Gasteiger partial charge in [-0.25, -0.2) is 9.59 Å². The van der Waals surface area contributed by atoms with Crippen LogP contribution in [-0.4, -0.2) is 50.1 Å². The zero-order valence-electron chi connectivity index (χ0n) is 18.9. The van der Waals surface area contributed by atoms with E-state index in [1.165, 1.54) is 0 Å². The third kappa shape index (κ3) is 11.3. The fourth-order valence-electron chi connectivity index (χ4n) is 2.50. The highest BCUT2D eigenvalue weighted by Crippen LogP contribution is 2.10. The molecule has 2 aromatic carbocycles. The van der Waals surface area contributed by atoms with E-state index in [0.717, 1.165) is 0 Å². The number of ether oxygens (including phenoxy) is 4. The maximum absolute atomic E-state index is 12.1. The lowest BCUT2D eigenvalue weighted by Crippen LogP contribution is -2.28. The third-order valence-corrected chi connectivity index (χ3v) is 4.28. The molecule has 184 valence electrons. The molecular weight excluding hydrogens is 471 g/mol. The van der Waals surface area contributed by atoms with Gasteiger partial charge >= 0.3 is 11.9 Å². The first-order valence-electron chi connectivity index (χ1n) is 10.1. The highest BCUT2D eigenvalue weighted by Gasteiger charge is 2.15. The molecule has 0 radical (unpaired) electrons. The van der Waals surface area contributed by atoms with Crippen molar-refractivity contribution in [3.05, 3.63) is 59.7 Å². The topological polar surface area (TPSA) is 123 Å². The molecule has 33 heavy (non-hydrogen) atoms. The van der Waals surface area contributed by atoms with Crippen molar-refractivity contribution >= 4 is 48.1 Å². The molecule has 0 aliphatic heterocycles. The summed E-state index contributed by atoms with van der Waals surface area (Å²) in [6, 6.07) is 13.0. The van der Waals surface area contributed by atoms with Crippen molar-refractivity contribution in [1.82, 2.24) is 0 Å². The Balaban J connectivity index is 0.00000512. The Bertz CT molecular complexity index is 849. The summed E-state index contributed by atoms with van der Waals surface area (Å²) >= 11 is 0. The van der Waals surface area contributed by atoms with Crippen molar-refractivity contribution in [2.24, 2.45) is 0 Å². The average Bonchev–Trinajstić information content (AvgIpc) is 2.75. The number of carbonyl (C=O) groups is 2. The molecule has 0 bridgehead atoms. The molecule has 0 aliphatic carbocycles. The summed E-state index contributed by atoms with van der Waals surface area (Å²) in [4.78, 5) is 24.1. The van der Waals surface area contributed by atoms with Gasteiger partial charge in [0.05, 0.1) is 36.5 Å². The van der Waals surface area contributed by atoms with E-state index in [4.69, 9.17) is 30.4 Å². The van der Waals surface area contributed by atoms with E-state index in [9.17, 15) is 9.59 Å². The Labute approximate surface area is 206 Å². The van der Waals surface area contributed by atoms with Crippen LogP contribution in [0.1, 0.15) is 41.5 Å². The maximum Gasteiger partial charge on any atom is 0.338 e. The van der Waals surface area contributed by atoms with Crippen LogP contribution in [0.4, 0.5) is 11.4 Å². The number of anilines is 2. The van der Waals surface area contributed by atoms with Crippen LogP contribution in [0.2, 0.25) is 0 Å². The van der Waals surface area contributed by atoms with Crippen molar-refractivity contribution < 1.29 is 28.5 Å². The Kier molecular flexibility index (Phi) is 14.2. The number of nitrogens with two attached hydrogens (primary N) is 2. The van der Waals surface area contributed by atoms with Crippen LogP contribution in [0.15, 0.2) is 48.5 Å². The second kappa shape index (κ2) is 15.3. The summed E-state index contributed by atoms with van der Waals surface area (Å²) in [5.74, 6) is -0.868. The molecule has 8 nitrogen and oxygen atoms in total. The van der Waals surface area contributed by atoms with E-state index in [1.807, 2.05) is 6.92 Å². The van der Waals surface area contributed by atoms with Crippen molar-refractivity contribution in [2.75, 3.05) is 31.3 Å². The van der Waals surface area contributed by atoms with Crippen LogP contribution < -0.4 is 11.5 Å². The minimum Gasteiger partial charge on any atom is -0.459 e. The normalized spacial score (nSPS) is 12.9. The minimum atomic E-state index is -0.434. The summed E-state index contributed by atoms with van der Waals surface area (Å²) in [5, 5.41) is 0. The standard InChI is InChI=1S/C23H30N2O6.2ClH/c1-15(29-14-17(3)31-23(27)19-6-10-21(25)11-7-19)12-28-16(2)13-30-22(26)18-4-8-20(24)9-5-18;;/h4-11,15-17H,12-14,24-25H2,1-3H3;2*1H. The molecule has 0 spiro atoms. The molecule has 2 rings (SSSR count). The van der Waals surface area contributed by atoms with Crippen molar-refractivity contribution in [3.8, 4) is 0 Å². The number of rotatable bonds is 11. The molecule has 0 saturated heterocycles. The van der Waals surface area contributed by atoms with Gasteiger partial charge in [-0.2, -0.15) is 0 Å². The van der Waals surface area contributed by atoms with Gasteiger partial charge in [0.1, 0.15) is 12.7 Å². The first-order chi connectivity index (χ1) is 14.7. The van der Waals surface area contributed by atoms with E-state index < -0.39 is 18.0 Å². The number of benzene rings is 2. The first kappa shape index (κ1) is 30.5. The van der Waals surface area contributed by atoms with Gasteiger partial charge in [0, 0.05) is 11.4 Å². The zero-order chi connectivity index (χ0) is 22.8. The monoisotopic (exact) mass is 502 g/mol. The number of hydrogen-bond donors (Lipinski definition) is 2. The maximum atomic E-state index is 12.1. The minimum absolute atomic E-state index is 0. The molecule has 0 aliphatic rings. The van der Waals surface area contributed by atoms with E-state index in [2.05, 4.69) is 0 Å². The Morgan fingerprint density at radius 3 is 1.55 bits per heavy atom. The van der Waals surface area contributed by atoms with Crippen LogP contribution in [-0.2, 0) is 18.9 Å². The number of carbonyl (C=O) groups excluding carboxylic acids is 2. The Morgan fingerprint density at radius 1 is 0.667 bits per heavy atom. The second-order valence-corrected chi connectivity index (χ2v) is 7.35. The molecule has 0 amide bonds. The third-order valence-electron chi connectivity index (χ3n) is 4.28. The van der Waals surface area contributed by atoms with Crippen molar-refractivity contribution in [1.29, 1.82) is 0 Å². The predicted molar refractivity (Wildman–Crippen MR) is 132 cm³/mol. The Hall–Kier alpha value is -2.52. The summed E-state index contributed by atoms with van der Waals surface area (Å²) in [5.41, 5.74) is 13.2. The van der Waals surface area contributed by atoms with Crippen LogP contribution in [0.3, 0.4) is 0 Å². The van der Waals surface area contributed by atoms with Gasteiger partial charge in [-0.15, -0.1) is 24.8 Å². The molecule has 4 N–H and O–H groups in total. The number of nitrogen functional groups attached to an aromatic ring is 2. The van der Waals surface area contributed by atoms with E-state index in [0.29, 0.717) is 29.1 Å². The largest absolute Gasteiger partial charge is 0.459 e. The Morgan fingerprint density at radius 2 is 1.06 bits per heavy atom. The fraction of sp³-hybridized carbons (Fsp3) is 0.391. The summed E-state index contributed by atoms with van der Waals surface area (Å²) in [6.07, 6.45) is -0.955. The smallest absolute Gasteiger partial charge is 0.338 e.